The van der Waals surface area contributed by atoms with Crippen LogP contribution in [-0.4, -0.2) is 11.3 Å². The summed E-state index contributed by atoms with van der Waals surface area (Å²) in [7, 11) is 0. The monoisotopic (exact) mass is 1060 g/mol. The summed E-state index contributed by atoms with van der Waals surface area (Å²) in [4.78, 5) is 7.73. The largest absolute Gasteiger partial charge is 0.311 e. The highest BCUT2D eigenvalue weighted by molar-refractivity contribution is 7.01. The summed E-state index contributed by atoms with van der Waals surface area (Å²) < 4.78 is 2.57. The van der Waals surface area contributed by atoms with Gasteiger partial charge < -0.3 is 9.80 Å². The third kappa shape index (κ3) is 9.47. The number of anilines is 9. The van der Waals surface area contributed by atoms with E-state index in [4.69, 9.17) is 0 Å². The Kier molecular flexibility index (Phi) is 12.8. The maximum Gasteiger partial charge on any atom is 0.255 e. The van der Waals surface area contributed by atoms with Gasteiger partial charge in [-0.05, 0) is 173 Å². The second kappa shape index (κ2) is 19.3. The Bertz CT molecular complexity index is 3950. The van der Waals surface area contributed by atoms with Gasteiger partial charge in [-0.25, -0.2) is 0 Å². The number of fused-ring (bicyclic) bond motifs is 6. The first-order chi connectivity index (χ1) is 38.4. The predicted molar refractivity (Wildman–Crippen MR) is 351 cm³/mol. The molecule has 81 heavy (non-hydrogen) atoms. The maximum atomic E-state index is 2.65. The average Bonchev–Trinajstić information content (AvgIpc) is 3.04. The Labute approximate surface area is 483 Å². The van der Waals surface area contributed by atoms with E-state index in [1.54, 1.807) is 0 Å². The number of hydrogen-bond acceptors (Lipinski definition) is 3. The standard InChI is InChI=1S/C76H79BN4/c1-72(2,3)51-33-31-50(32-34-51)61-45-53(74(7,8)9)37-42-64(61)81-66-44-39-55(76(13,14)15)47-63(66)77-69-62-46-54(75(10,11)12)38-43-65(62)79(58-29-23-18-24-30-58)71(69)80(59-40-35-52(36-41-59)73(4,5)6)67-48-60(49-68(81)70(67)77)78(56-25-19-16-20-26-56)57-27-21-17-22-28-57/h16-49H,1-15H3. The number of aromatic nitrogens is 1. The first-order valence-electron chi connectivity index (χ1n) is 29.3. The van der Waals surface area contributed by atoms with Gasteiger partial charge in [-0.15, -0.1) is 0 Å². The molecule has 12 rings (SSSR count). The fourth-order valence-corrected chi connectivity index (χ4v) is 12.5. The third-order valence-corrected chi connectivity index (χ3v) is 17.1. The molecule has 5 heteroatoms. The molecule has 10 aromatic rings. The van der Waals surface area contributed by atoms with Crippen molar-refractivity contribution in [1.29, 1.82) is 0 Å². The van der Waals surface area contributed by atoms with Crippen molar-refractivity contribution in [2.75, 3.05) is 14.7 Å². The van der Waals surface area contributed by atoms with Gasteiger partial charge in [0.25, 0.3) is 6.71 Å². The van der Waals surface area contributed by atoms with Crippen molar-refractivity contribution in [1.82, 2.24) is 4.57 Å². The molecule has 2 aliphatic rings. The Morgan fingerprint density at radius 3 is 1.31 bits per heavy atom. The van der Waals surface area contributed by atoms with E-state index in [9.17, 15) is 0 Å². The third-order valence-electron chi connectivity index (χ3n) is 17.1. The molecular weight excluding hydrogens is 980 g/mol. The molecule has 0 N–H and O–H groups in total. The van der Waals surface area contributed by atoms with E-state index in [1.165, 1.54) is 71.9 Å². The van der Waals surface area contributed by atoms with E-state index in [0.717, 1.165) is 51.3 Å². The van der Waals surface area contributed by atoms with Crippen LogP contribution in [0, 0.1) is 0 Å². The molecule has 0 saturated carbocycles. The van der Waals surface area contributed by atoms with E-state index in [0.29, 0.717) is 0 Å². The molecule has 0 spiro atoms. The quantitative estimate of drug-likeness (QED) is 0.148. The van der Waals surface area contributed by atoms with Gasteiger partial charge in [0.1, 0.15) is 5.82 Å². The Morgan fingerprint density at radius 2 is 0.778 bits per heavy atom. The summed E-state index contributed by atoms with van der Waals surface area (Å²) in [6.07, 6.45) is 0. The van der Waals surface area contributed by atoms with E-state index < -0.39 is 0 Å². The van der Waals surface area contributed by atoms with Crippen molar-refractivity contribution in [2.45, 2.75) is 131 Å². The van der Waals surface area contributed by atoms with Crippen LogP contribution < -0.4 is 31.1 Å². The predicted octanol–water partition coefficient (Wildman–Crippen LogP) is 19.3. The number of rotatable bonds is 7. The molecule has 406 valence electrons. The van der Waals surface area contributed by atoms with E-state index in [-0.39, 0.29) is 33.8 Å². The van der Waals surface area contributed by atoms with Crippen LogP contribution in [0.25, 0.3) is 27.7 Å². The molecule has 9 aromatic carbocycles. The molecule has 0 atom stereocenters. The minimum Gasteiger partial charge on any atom is -0.311 e. The van der Waals surface area contributed by atoms with Gasteiger partial charge >= 0.3 is 0 Å². The van der Waals surface area contributed by atoms with Crippen molar-refractivity contribution in [2.24, 2.45) is 0 Å². The molecular formula is C76H79BN4. The molecule has 0 saturated heterocycles. The van der Waals surface area contributed by atoms with Crippen LogP contribution in [0.5, 0.6) is 0 Å². The Balaban J connectivity index is 1.29. The summed E-state index contributed by atoms with van der Waals surface area (Å²) in [6, 6.07) is 78.9. The minimum absolute atomic E-state index is 0.0121. The van der Waals surface area contributed by atoms with Gasteiger partial charge in [-0.2, -0.15) is 0 Å². The van der Waals surface area contributed by atoms with Crippen LogP contribution in [0.3, 0.4) is 0 Å². The second-order valence-corrected chi connectivity index (χ2v) is 28.0. The van der Waals surface area contributed by atoms with Crippen LogP contribution in [0.15, 0.2) is 206 Å². The molecule has 0 bridgehead atoms. The first-order valence-corrected chi connectivity index (χ1v) is 29.3. The zero-order chi connectivity index (χ0) is 57.1. The SMILES string of the molecule is CC(C)(C)c1ccc(-c2cc(C(C)(C)C)ccc2N2c3ccc(C(C)(C)C)cc3B3c4c2cc(N(c2ccccc2)c2ccccc2)cc4N(c2ccc(C(C)(C)C)cc2)c2c3c3cc(C(C)(C)C)ccc3n2-c2ccccc2)cc1. The number of benzene rings is 9. The van der Waals surface area contributed by atoms with Crippen LogP contribution >= 0.6 is 0 Å². The van der Waals surface area contributed by atoms with Gasteiger partial charge in [0.15, 0.2) is 0 Å². The smallest absolute Gasteiger partial charge is 0.255 e. The maximum absolute atomic E-state index is 2.65. The van der Waals surface area contributed by atoms with Crippen molar-refractivity contribution in [3.05, 3.63) is 234 Å². The summed E-state index contributed by atoms with van der Waals surface area (Å²) in [5.41, 5.74) is 23.8. The Morgan fingerprint density at radius 1 is 0.333 bits per heavy atom. The summed E-state index contributed by atoms with van der Waals surface area (Å²) in [5.74, 6) is 1.16. The number of hydrogen-bond donors (Lipinski definition) is 0. The molecule has 1 aromatic heterocycles. The zero-order valence-corrected chi connectivity index (χ0v) is 50.5. The lowest BCUT2D eigenvalue weighted by Crippen LogP contribution is -2.61. The molecule has 0 aliphatic carbocycles. The second-order valence-electron chi connectivity index (χ2n) is 28.0. The van der Waals surface area contributed by atoms with Gasteiger partial charge in [-0.1, -0.05) is 219 Å². The van der Waals surface area contributed by atoms with Gasteiger partial charge in [-0.3, -0.25) is 9.47 Å². The summed E-state index contributed by atoms with van der Waals surface area (Å²) in [5, 5.41) is 1.27. The lowest BCUT2D eigenvalue weighted by atomic mass is 9.33. The van der Waals surface area contributed by atoms with Gasteiger partial charge in [0.2, 0.25) is 0 Å². The highest BCUT2D eigenvalue weighted by Crippen LogP contribution is 2.52. The molecule has 0 fully saturated rings. The number of para-hydroxylation sites is 3. The lowest BCUT2D eigenvalue weighted by molar-refractivity contribution is 0.590. The van der Waals surface area contributed by atoms with Gasteiger partial charge in [0, 0.05) is 45.4 Å². The lowest BCUT2D eigenvalue weighted by Gasteiger charge is -2.45. The molecule has 4 nitrogen and oxygen atoms in total. The number of nitrogens with zero attached hydrogens (tertiary/aromatic N) is 4. The van der Waals surface area contributed by atoms with Crippen molar-refractivity contribution in [3.63, 3.8) is 0 Å². The zero-order valence-electron chi connectivity index (χ0n) is 50.5. The van der Waals surface area contributed by atoms with E-state index >= 15 is 0 Å². The van der Waals surface area contributed by atoms with Crippen molar-refractivity contribution in [3.8, 4) is 16.8 Å². The molecule has 0 unspecified atom stereocenters. The summed E-state index contributed by atoms with van der Waals surface area (Å²) in [6.45, 7) is 34.8. The van der Waals surface area contributed by atoms with Crippen LogP contribution in [0.1, 0.15) is 132 Å². The topological polar surface area (TPSA) is 14.7 Å². The first kappa shape index (κ1) is 53.6. The van der Waals surface area contributed by atoms with Gasteiger partial charge in [0.05, 0.1) is 16.9 Å². The van der Waals surface area contributed by atoms with E-state index in [1.807, 2.05) is 0 Å². The molecule has 0 amide bonds. The Hall–Kier alpha value is -8.02. The summed E-state index contributed by atoms with van der Waals surface area (Å²) >= 11 is 0. The molecule has 2 aliphatic heterocycles. The van der Waals surface area contributed by atoms with Crippen molar-refractivity contribution < 1.29 is 0 Å². The normalized spacial score (nSPS) is 13.5. The average molecular weight is 1060 g/mol. The van der Waals surface area contributed by atoms with Crippen molar-refractivity contribution >= 4 is 85.3 Å². The molecule has 3 heterocycles. The molecule has 0 radical (unpaired) electrons. The van der Waals surface area contributed by atoms with Crippen LogP contribution in [0.2, 0.25) is 0 Å². The fourth-order valence-electron chi connectivity index (χ4n) is 12.5. The highest BCUT2D eigenvalue weighted by Gasteiger charge is 2.48. The van der Waals surface area contributed by atoms with Crippen LogP contribution in [-0.2, 0) is 27.1 Å². The fraction of sp³-hybridized carbons (Fsp3) is 0.263. The minimum atomic E-state index is -0.161. The van der Waals surface area contributed by atoms with Crippen LogP contribution in [0.4, 0.5) is 51.3 Å². The van der Waals surface area contributed by atoms with E-state index in [2.05, 4.69) is 329 Å². The highest BCUT2D eigenvalue weighted by atomic mass is 15.3.